The lowest BCUT2D eigenvalue weighted by Crippen LogP contribution is -2.40. The van der Waals surface area contributed by atoms with Crippen LogP contribution in [0.15, 0.2) is 41.7 Å². The summed E-state index contributed by atoms with van der Waals surface area (Å²) in [4.78, 5) is 18.0. The number of nitrogens with zero attached hydrogens (tertiary/aromatic N) is 3. The van der Waals surface area contributed by atoms with Gasteiger partial charge < -0.3 is 14.9 Å². The van der Waals surface area contributed by atoms with Crippen LogP contribution in [-0.2, 0) is 16.2 Å². The van der Waals surface area contributed by atoms with Crippen molar-refractivity contribution in [2.45, 2.75) is 32.4 Å². The van der Waals surface area contributed by atoms with Crippen LogP contribution >= 0.6 is 0 Å². The normalized spacial score (nSPS) is 19.5. The van der Waals surface area contributed by atoms with Gasteiger partial charge in [0.1, 0.15) is 5.75 Å². The molecule has 7 nitrogen and oxygen atoms in total. The zero-order chi connectivity index (χ0) is 17.2. The molecule has 2 heterocycles. The summed E-state index contributed by atoms with van der Waals surface area (Å²) in [5.41, 5.74) is 0.433. The summed E-state index contributed by atoms with van der Waals surface area (Å²) in [6.45, 7) is 4.43. The van der Waals surface area contributed by atoms with Crippen LogP contribution in [0.3, 0.4) is 0 Å². The SMILES string of the molecule is CCn1ccc(NC(=O)[C@@]2(C)CC(c3ccccc3OC)=NO2)n1. The maximum absolute atomic E-state index is 12.6. The van der Waals surface area contributed by atoms with Gasteiger partial charge in [-0.05, 0) is 26.0 Å². The Hall–Kier alpha value is -2.83. The zero-order valence-electron chi connectivity index (χ0n) is 13.9. The van der Waals surface area contributed by atoms with E-state index in [1.807, 2.05) is 37.4 Å². The number of para-hydroxylation sites is 1. The molecule has 2 aromatic rings. The molecule has 1 N–H and O–H groups in total. The standard InChI is InChI=1S/C17H20N4O3/c1-4-21-10-9-15(19-21)18-16(22)17(2)11-13(20-24-17)12-7-5-6-8-14(12)23-3/h5-10H,4,11H2,1-3H3,(H,18,19,22)/t17-/m1/s1. The molecule has 0 saturated heterocycles. The van der Waals surface area contributed by atoms with Gasteiger partial charge in [-0.15, -0.1) is 0 Å². The largest absolute Gasteiger partial charge is 0.496 e. The number of nitrogens with one attached hydrogen (secondary N) is 1. The van der Waals surface area contributed by atoms with Crippen LogP contribution < -0.4 is 10.1 Å². The Labute approximate surface area is 140 Å². The van der Waals surface area contributed by atoms with E-state index >= 15 is 0 Å². The summed E-state index contributed by atoms with van der Waals surface area (Å²) in [7, 11) is 1.60. The number of amides is 1. The van der Waals surface area contributed by atoms with Gasteiger partial charge in [0.15, 0.2) is 5.82 Å². The Morgan fingerprint density at radius 3 is 2.92 bits per heavy atom. The molecule has 1 aliphatic rings. The van der Waals surface area contributed by atoms with E-state index in [1.165, 1.54) is 0 Å². The fraction of sp³-hybridized carbons (Fsp3) is 0.353. The highest BCUT2D eigenvalue weighted by Crippen LogP contribution is 2.31. The Morgan fingerprint density at radius 2 is 2.21 bits per heavy atom. The van der Waals surface area contributed by atoms with Gasteiger partial charge in [-0.1, -0.05) is 17.3 Å². The number of hydrogen-bond acceptors (Lipinski definition) is 5. The third-order valence-corrected chi connectivity index (χ3v) is 3.97. The van der Waals surface area contributed by atoms with Crippen molar-refractivity contribution < 1.29 is 14.4 Å². The lowest BCUT2D eigenvalue weighted by atomic mass is 9.94. The number of aromatic nitrogens is 2. The third kappa shape index (κ3) is 2.97. The van der Waals surface area contributed by atoms with Gasteiger partial charge in [-0.25, -0.2) is 0 Å². The molecule has 0 saturated carbocycles. The van der Waals surface area contributed by atoms with E-state index in [1.54, 1.807) is 24.8 Å². The number of methoxy groups -OCH3 is 1. The minimum atomic E-state index is -1.08. The molecule has 0 bridgehead atoms. The van der Waals surface area contributed by atoms with Crippen molar-refractivity contribution >= 4 is 17.4 Å². The Kier molecular flexibility index (Phi) is 4.24. The van der Waals surface area contributed by atoms with Crippen molar-refractivity contribution in [3.05, 3.63) is 42.1 Å². The van der Waals surface area contributed by atoms with Gasteiger partial charge in [0.05, 0.1) is 12.8 Å². The molecule has 0 aliphatic carbocycles. The Morgan fingerprint density at radius 1 is 1.42 bits per heavy atom. The summed E-state index contributed by atoms with van der Waals surface area (Å²) < 4.78 is 7.09. The first-order valence-electron chi connectivity index (χ1n) is 7.79. The van der Waals surface area contributed by atoms with Crippen LogP contribution in [0.4, 0.5) is 5.82 Å². The highest BCUT2D eigenvalue weighted by Gasteiger charge is 2.43. The molecule has 1 aliphatic heterocycles. The molecule has 126 valence electrons. The van der Waals surface area contributed by atoms with E-state index in [9.17, 15) is 4.79 Å². The first-order chi connectivity index (χ1) is 11.6. The van der Waals surface area contributed by atoms with Crippen LogP contribution in [0.2, 0.25) is 0 Å². The van der Waals surface area contributed by atoms with Crippen molar-refractivity contribution in [2.24, 2.45) is 5.16 Å². The van der Waals surface area contributed by atoms with Crippen LogP contribution in [-0.4, -0.2) is 34.1 Å². The van der Waals surface area contributed by atoms with Crippen LogP contribution in [0, 0.1) is 0 Å². The lowest BCUT2D eigenvalue weighted by Gasteiger charge is -2.19. The predicted molar refractivity (Wildman–Crippen MR) is 90.2 cm³/mol. The number of hydrogen-bond donors (Lipinski definition) is 1. The maximum Gasteiger partial charge on any atom is 0.272 e. The van der Waals surface area contributed by atoms with Gasteiger partial charge in [0.25, 0.3) is 5.91 Å². The molecule has 7 heteroatoms. The smallest absolute Gasteiger partial charge is 0.272 e. The second kappa shape index (κ2) is 6.35. The van der Waals surface area contributed by atoms with Crippen molar-refractivity contribution in [1.29, 1.82) is 0 Å². The van der Waals surface area contributed by atoms with Crippen molar-refractivity contribution in [3.63, 3.8) is 0 Å². The predicted octanol–water partition coefficient (Wildman–Crippen LogP) is 2.43. The van der Waals surface area contributed by atoms with Crippen LogP contribution in [0.25, 0.3) is 0 Å². The number of aryl methyl sites for hydroxylation is 1. The Balaban J connectivity index is 1.73. The summed E-state index contributed by atoms with van der Waals surface area (Å²) in [5.74, 6) is 0.918. The van der Waals surface area contributed by atoms with Crippen molar-refractivity contribution in [3.8, 4) is 5.75 Å². The first-order valence-corrected chi connectivity index (χ1v) is 7.79. The van der Waals surface area contributed by atoms with Crippen LogP contribution in [0.5, 0.6) is 5.75 Å². The second-order valence-electron chi connectivity index (χ2n) is 5.75. The molecule has 0 spiro atoms. The van der Waals surface area contributed by atoms with Gasteiger partial charge in [0, 0.05) is 30.8 Å². The molecule has 0 fully saturated rings. The molecule has 1 aromatic heterocycles. The average Bonchev–Trinajstić information content (AvgIpc) is 3.22. The maximum atomic E-state index is 12.6. The van der Waals surface area contributed by atoms with E-state index in [4.69, 9.17) is 9.57 Å². The lowest BCUT2D eigenvalue weighted by molar-refractivity contribution is -0.135. The summed E-state index contributed by atoms with van der Waals surface area (Å²) in [5, 5.41) is 11.1. The molecule has 0 radical (unpaired) electrons. The molecule has 1 atom stereocenters. The molecular formula is C17H20N4O3. The van der Waals surface area contributed by atoms with Gasteiger partial charge in [-0.2, -0.15) is 5.10 Å². The first kappa shape index (κ1) is 16.0. The van der Waals surface area contributed by atoms with Crippen molar-refractivity contribution in [1.82, 2.24) is 9.78 Å². The molecule has 1 aromatic carbocycles. The number of rotatable bonds is 5. The van der Waals surface area contributed by atoms with E-state index < -0.39 is 5.60 Å². The highest BCUT2D eigenvalue weighted by molar-refractivity contribution is 6.09. The van der Waals surface area contributed by atoms with E-state index in [-0.39, 0.29) is 5.91 Å². The van der Waals surface area contributed by atoms with E-state index in [0.29, 0.717) is 23.7 Å². The number of carbonyl (C=O) groups is 1. The number of ether oxygens (including phenoxy) is 1. The van der Waals surface area contributed by atoms with Gasteiger partial charge >= 0.3 is 0 Å². The quantitative estimate of drug-likeness (QED) is 0.914. The number of oxime groups is 1. The topological polar surface area (TPSA) is 77.7 Å². The van der Waals surface area contributed by atoms with Gasteiger partial charge in [-0.3, -0.25) is 9.48 Å². The fourth-order valence-electron chi connectivity index (χ4n) is 2.54. The molecule has 0 unspecified atom stereocenters. The zero-order valence-corrected chi connectivity index (χ0v) is 13.9. The summed E-state index contributed by atoms with van der Waals surface area (Å²) in [6, 6.07) is 9.28. The van der Waals surface area contributed by atoms with Gasteiger partial charge in [0.2, 0.25) is 5.60 Å². The Bertz CT molecular complexity index is 784. The summed E-state index contributed by atoms with van der Waals surface area (Å²) in [6.07, 6.45) is 2.16. The minimum absolute atomic E-state index is 0.280. The second-order valence-corrected chi connectivity index (χ2v) is 5.75. The molecule has 1 amide bonds. The highest BCUT2D eigenvalue weighted by atomic mass is 16.7. The van der Waals surface area contributed by atoms with E-state index in [2.05, 4.69) is 15.6 Å². The van der Waals surface area contributed by atoms with E-state index in [0.717, 1.165) is 12.1 Å². The van der Waals surface area contributed by atoms with Crippen molar-refractivity contribution in [2.75, 3.05) is 12.4 Å². The number of benzene rings is 1. The molecular weight excluding hydrogens is 308 g/mol. The monoisotopic (exact) mass is 328 g/mol. The number of anilines is 1. The summed E-state index contributed by atoms with van der Waals surface area (Å²) >= 11 is 0. The average molecular weight is 328 g/mol. The number of carbonyl (C=O) groups excluding carboxylic acids is 1. The molecule has 24 heavy (non-hydrogen) atoms. The minimum Gasteiger partial charge on any atom is -0.496 e. The van der Waals surface area contributed by atoms with Crippen LogP contribution in [0.1, 0.15) is 25.8 Å². The fourth-order valence-corrected chi connectivity index (χ4v) is 2.54. The third-order valence-electron chi connectivity index (χ3n) is 3.97. The molecule has 3 rings (SSSR count).